The number of fused-ring (bicyclic) bond motifs is 3. The maximum atomic E-state index is 2.37. The van der Waals surface area contributed by atoms with Gasteiger partial charge in [0.2, 0.25) is 0 Å². The van der Waals surface area contributed by atoms with Gasteiger partial charge in [-0.1, -0.05) is 115 Å². The van der Waals surface area contributed by atoms with Crippen LogP contribution in [0.1, 0.15) is 5.56 Å². The molecule has 1 heteroatoms. The van der Waals surface area contributed by atoms with Gasteiger partial charge < -0.3 is 4.57 Å². The van der Waals surface area contributed by atoms with E-state index in [9.17, 15) is 0 Å². The first-order chi connectivity index (χ1) is 18.8. The van der Waals surface area contributed by atoms with Crippen LogP contribution in [0.15, 0.2) is 146 Å². The minimum Gasteiger partial charge on any atom is -0.309 e. The van der Waals surface area contributed by atoms with Crippen LogP contribution >= 0.6 is 0 Å². The lowest BCUT2D eigenvalue weighted by Gasteiger charge is -2.17. The molecule has 0 bridgehead atoms. The van der Waals surface area contributed by atoms with Gasteiger partial charge in [0.1, 0.15) is 0 Å². The zero-order chi connectivity index (χ0) is 25.5. The molecular formula is C37H27N. The van der Waals surface area contributed by atoms with Crippen LogP contribution in [0.2, 0.25) is 0 Å². The van der Waals surface area contributed by atoms with Crippen LogP contribution in [0.25, 0.3) is 60.9 Å². The highest BCUT2D eigenvalue weighted by Gasteiger charge is 2.15. The van der Waals surface area contributed by atoms with E-state index in [2.05, 4.69) is 157 Å². The monoisotopic (exact) mass is 485 g/mol. The molecular weight excluding hydrogens is 458 g/mol. The second-order valence-corrected chi connectivity index (χ2v) is 9.86. The van der Waals surface area contributed by atoms with Crippen molar-refractivity contribution in [2.45, 2.75) is 6.92 Å². The summed E-state index contributed by atoms with van der Waals surface area (Å²) in [5.41, 5.74) is 12.4. The highest BCUT2D eigenvalue weighted by molar-refractivity contribution is 6.09. The maximum Gasteiger partial charge on any atom is 0.0541 e. The Kier molecular flexibility index (Phi) is 5.41. The number of hydrogen-bond donors (Lipinski definition) is 0. The van der Waals surface area contributed by atoms with Crippen molar-refractivity contribution in [3.63, 3.8) is 0 Å². The zero-order valence-electron chi connectivity index (χ0n) is 21.3. The first kappa shape index (κ1) is 22.3. The summed E-state index contributed by atoms with van der Waals surface area (Å²) in [7, 11) is 0. The molecule has 0 radical (unpaired) electrons. The highest BCUT2D eigenvalue weighted by atomic mass is 15.0. The maximum absolute atomic E-state index is 2.37. The van der Waals surface area contributed by atoms with Crippen molar-refractivity contribution in [1.29, 1.82) is 0 Å². The first-order valence-corrected chi connectivity index (χ1v) is 13.1. The number of hydrogen-bond acceptors (Lipinski definition) is 0. The van der Waals surface area contributed by atoms with Crippen LogP contribution in [0.5, 0.6) is 0 Å². The standard InChI is InChI=1S/C37H27N/c1-26-24-30(27-12-4-2-5-13-27)25-34(37(26)29-14-6-3-7-15-29)28-20-22-31(23-21-28)38-35-18-10-8-16-32(35)33-17-9-11-19-36(33)38/h2-25H,1H3. The molecule has 0 aliphatic carbocycles. The summed E-state index contributed by atoms with van der Waals surface area (Å²) in [4.78, 5) is 0. The van der Waals surface area contributed by atoms with Gasteiger partial charge in [-0.05, 0) is 76.2 Å². The molecule has 0 atom stereocenters. The molecule has 1 heterocycles. The number of aromatic nitrogens is 1. The SMILES string of the molecule is Cc1cc(-c2ccccc2)cc(-c2ccc(-n3c4ccccc4c4ccccc43)cc2)c1-c1ccccc1. The molecule has 38 heavy (non-hydrogen) atoms. The Bertz CT molecular complexity index is 1840. The van der Waals surface area contributed by atoms with E-state index >= 15 is 0 Å². The third-order valence-electron chi connectivity index (χ3n) is 7.52. The molecule has 7 rings (SSSR count). The van der Waals surface area contributed by atoms with E-state index in [0.29, 0.717) is 0 Å². The molecule has 0 spiro atoms. The van der Waals surface area contributed by atoms with Crippen molar-refractivity contribution in [1.82, 2.24) is 4.57 Å². The van der Waals surface area contributed by atoms with Crippen molar-refractivity contribution < 1.29 is 0 Å². The van der Waals surface area contributed by atoms with Gasteiger partial charge in [-0.3, -0.25) is 0 Å². The van der Waals surface area contributed by atoms with Gasteiger partial charge in [-0.2, -0.15) is 0 Å². The Morgan fingerprint density at radius 2 is 0.947 bits per heavy atom. The predicted octanol–water partition coefficient (Wildman–Crippen LogP) is 10.1. The van der Waals surface area contributed by atoms with Gasteiger partial charge >= 0.3 is 0 Å². The molecule has 0 N–H and O–H groups in total. The number of benzene rings is 6. The summed E-state index contributed by atoms with van der Waals surface area (Å²) in [6.45, 7) is 2.23. The topological polar surface area (TPSA) is 4.93 Å². The fourth-order valence-electron chi connectivity index (χ4n) is 5.79. The van der Waals surface area contributed by atoms with Crippen molar-refractivity contribution in [3.05, 3.63) is 151 Å². The van der Waals surface area contributed by atoms with Gasteiger partial charge in [-0.15, -0.1) is 0 Å². The predicted molar refractivity (Wildman–Crippen MR) is 162 cm³/mol. The molecule has 1 nitrogen and oxygen atoms in total. The average molecular weight is 486 g/mol. The fourth-order valence-corrected chi connectivity index (χ4v) is 5.79. The van der Waals surface area contributed by atoms with Crippen LogP contribution in [-0.4, -0.2) is 4.57 Å². The molecule has 7 aromatic rings. The van der Waals surface area contributed by atoms with E-state index in [0.717, 1.165) is 0 Å². The molecule has 180 valence electrons. The molecule has 0 aliphatic rings. The van der Waals surface area contributed by atoms with Gasteiger partial charge in [0.25, 0.3) is 0 Å². The van der Waals surface area contributed by atoms with Crippen LogP contribution in [-0.2, 0) is 0 Å². The Morgan fingerprint density at radius 3 is 1.55 bits per heavy atom. The normalized spacial score (nSPS) is 11.3. The van der Waals surface area contributed by atoms with Crippen LogP contribution in [0.4, 0.5) is 0 Å². The number of aryl methyl sites for hydroxylation is 1. The second kappa shape index (κ2) is 9.21. The van der Waals surface area contributed by atoms with E-state index in [1.165, 1.54) is 66.4 Å². The van der Waals surface area contributed by atoms with Gasteiger partial charge in [-0.25, -0.2) is 0 Å². The van der Waals surface area contributed by atoms with E-state index in [1.807, 2.05) is 0 Å². The molecule has 0 amide bonds. The quantitative estimate of drug-likeness (QED) is 0.234. The number of para-hydroxylation sites is 2. The van der Waals surface area contributed by atoms with Crippen LogP contribution < -0.4 is 0 Å². The Morgan fingerprint density at radius 1 is 0.421 bits per heavy atom. The van der Waals surface area contributed by atoms with Gasteiger partial charge in [0.05, 0.1) is 11.0 Å². The average Bonchev–Trinajstić information content (AvgIpc) is 3.32. The van der Waals surface area contributed by atoms with Crippen molar-refractivity contribution in [2.24, 2.45) is 0 Å². The molecule has 0 saturated carbocycles. The molecule has 0 fully saturated rings. The van der Waals surface area contributed by atoms with Crippen LogP contribution in [0.3, 0.4) is 0 Å². The molecule has 1 aromatic heterocycles. The summed E-state index contributed by atoms with van der Waals surface area (Å²) < 4.78 is 2.37. The molecule has 0 saturated heterocycles. The zero-order valence-corrected chi connectivity index (χ0v) is 21.3. The summed E-state index contributed by atoms with van der Waals surface area (Å²) in [5.74, 6) is 0. The smallest absolute Gasteiger partial charge is 0.0541 e. The van der Waals surface area contributed by atoms with E-state index < -0.39 is 0 Å². The lowest BCUT2D eigenvalue weighted by Crippen LogP contribution is -1.95. The Hall–Kier alpha value is -4.88. The largest absolute Gasteiger partial charge is 0.309 e. The minimum atomic E-state index is 1.17. The second-order valence-electron chi connectivity index (χ2n) is 9.86. The van der Waals surface area contributed by atoms with E-state index in [-0.39, 0.29) is 0 Å². The summed E-state index contributed by atoms with van der Waals surface area (Å²) >= 11 is 0. The van der Waals surface area contributed by atoms with Crippen molar-refractivity contribution in [2.75, 3.05) is 0 Å². The Balaban J connectivity index is 1.42. The lowest BCUT2D eigenvalue weighted by atomic mass is 9.87. The summed E-state index contributed by atoms with van der Waals surface area (Å²) in [5, 5.41) is 2.56. The number of nitrogens with zero attached hydrogens (tertiary/aromatic N) is 1. The highest BCUT2D eigenvalue weighted by Crippen LogP contribution is 2.39. The molecule has 6 aromatic carbocycles. The van der Waals surface area contributed by atoms with Crippen molar-refractivity contribution in [3.8, 4) is 39.1 Å². The van der Waals surface area contributed by atoms with Crippen molar-refractivity contribution >= 4 is 21.8 Å². The van der Waals surface area contributed by atoms with E-state index in [1.54, 1.807) is 0 Å². The van der Waals surface area contributed by atoms with Crippen LogP contribution in [0, 0.1) is 6.92 Å². The van der Waals surface area contributed by atoms with E-state index in [4.69, 9.17) is 0 Å². The van der Waals surface area contributed by atoms with Gasteiger partial charge in [0.15, 0.2) is 0 Å². The van der Waals surface area contributed by atoms with Gasteiger partial charge in [0, 0.05) is 16.5 Å². The summed E-state index contributed by atoms with van der Waals surface area (Å²) in [6, 6.07) is 52.5. The third kappa shape index (κ3) is 3.72. The third-order valence-corrected chi connectivity index (χ3v) is 7.52. The summed E-state index contributed by atoms with van der Waals surface area (Å²) in [6.07, 6.45) is 0. The molecule has 0 unspecified atom stereocenters. The number of rotatable bonds is 4. The minimum absolute atomic E-state index is 1.17. The lowest BCUT2D eigenvalue weighted by molar-refractivity contribution is 1.18. The first-order valence-electron chi connectivity index (χ1n) is 13.1. The Labute approximate surface area is 223 Å². The fraction of sp³-hybridized carbons (Fsp3) is 0.0270. The molecule has 0 aliphatic heterocycles.